The summed E-state index contributed by atoms with van der Waals surface area (Å²) in [6, 6.07) is 7.97. The monoisotopic (exact) mass is 457 g/mol. The second kappa shape index (κ2) is 9.67. The van der Waals surface area contributed by atoms with E-state index in [2.05, 4.69) is 9.97 Å². The number of fused-ring (bicyclic) bond motifs is 1. The molecule has 0 aliphatic carbocycles. The molecule has 2 unspecified atom stereocenters. The van der Waals surface area contributed by atoms with Crippen LogP contribution in [0.3, 0.4) is 0 Å². The van der Waals surface area contributed by atoms with Crippen LogP contribution in [0, 0.1) is 0 Å². The maximum Gasteiger partial charge on any atom is 0.414 e. The van der Waals surface area contributed by atoms with Crippen molar-refractivity contribution in [3.8, 4) is 0 Å². The zero-order valence-corrected chi connectivity index (χ0v) is 18.7. The van der Waals surface area contributed by atoms with Gasteiger partial charge in [-0.25, -0.2) is 9.78 Å². The zero-order valence-electron chi connectivity index (χ0n) is 17.9. The third-order valence-corrected chi connectivity index (χ3v) is 5.66. The number of amides is 1. The lowest BCUT2D eigenvalue weighted by Gasteiger charge is -2.36. The summed E-state index contributed by atoms with van der Waals surface area (Å²) >= 11 is 6.17. The van der Waals surface area contributed by atoms with Crippen LogP contribution in [0.5, 0.6) is 0 Å². The first-order valence-corrected chi connectivity index (χ1v) is 11.0. The van der Waals surface area contributed by atoms with Crippen LogP contribution in [0.4, 0.5) is 10.5 Å². The quantitative estimate of drug-likeness (QED) is 0.378. The number of carbonyl (C=O) groups excluding carboxylic acids is 2. The fourth-order valence-electron chi connectivity index (χ4n) is 3.93. The van der Waals surface area contributed by atoms with Crippen LogP contribution in [0.25, 0.3) is 11.1 Å². The van der Waals surface area contributed by atoms with Gasteiger partial charge in [-0.15, -0.1) is 0 Å². The molecule has 3 aromatic heterocycles. The van der Waals surface area contributed by atoms with E-state index in [0.717, 1.165) is 6.42 Å². The fraction of sp³-hybridized carbons (Fsp3) is 0.391. The molecule has 0 aromatic carbocycles. The maximum absolute atomic E-state index is 13.4. The minimum atomic E-state index is -0.575. The smallest absolute Gasteiger partial charge is 0.414 e. The van der Waals surface area contributed by atoms with Crippen molar-refractivity contribution < 1.29 is 23.5 Å². The average Bonchev–Trinajstić information content (AvgIpc) is 3.18. The third-order valence-electron chi connectivity index (χ3n) is 5.44. The Balaban J connectivity index is 1.90. The molecule has 1 fully saturated rings. The van der Waals surface area contributed by atoms with E-state index >= 15 is 0 Å². The predicted octanol–water partition coefficient (Wildman–Crippen LogP) is 5.03. The number of aromatic nitrogens is 2. The van der Waals surface area contributed by atoms with Gasteiger partial charge in [0.15, 0.2) is 5.58 Å². The van der Waals surface area contributed by atoms with Gasteiger partial charge in [0, 0.05) is 18.8 Å². The van der Waals surface area contributed by atoms with E-state index in [1.54, 1.807) is 37.3 Å². The van der Waals surface area contributed by atoms with Gasteiger partial charge in [0.05, 0.1) is 12.7 Å². The Morgan fingerprint density at radius 1 is 1.25 bits per heavy atom. The van der Waals surface area contributed by atoms with Crippen LogP contribution >= 0.6 is 11.6 Å². The number of ketones is 1. The number of nitrogens with zero attached hydrogens (tertiary/aromatic N) is 3. The molecule has 32 heavy (non-hydrogen) atoms. The van der Waals surface area contributed by atoms with E-state index in [4.69, 9.17) is 25.5 Å². The molecule has 1 aliphatic rings. The summed E-state index contributed by atoms with van der Waals surface area (Å²) in [5.41, 5.74) is 1.11. The van der Waals surface area contributed by atoms with Gasteiger partial charge in [-0.3, -0.25) is 14.7 Å². The van der Waals surface area contributed by atoms with E-state index in [-0.39, 0.29) is 41.0 Å². The molecule has 4 heterocycles. The van der Waals surface area contributed by atoms with Crippen LogP contribution in [-0.4, -0.2) is 47.2 Å². The molecule has 1 amide bonds. The van der Waals surface area contributed by atoms with Gasteiger partial charge in [0.2, 0.25) is 11.5 Å². The van der Waals surface area contributed by atoms with Gasteiger partial charge in [0.1, 0.15) is 22.1 Å². The predicted molar refractivity (Wildman–Crippen MR) is 119 cm³/mol. The number of ether oxygens (including phenoxy) is 2. The summed E-state index contributed by atoms with van der Waals surface area (Å²) < 4.78 is 17.1. The second-order valence-corrected chi connectivity index (χ2v) is 7.84. The fourth-order valence-corrected chi connectivity index (χ4v) is 4.07. The number of carbonyl (C=O) groups is 2. The van der Waals surface area contributed by atoms with Gasteiger partial charge in [-0.2, -0.15) is 0 Å². The minimum Gasteiger partial charge on any atom is -0.449 e. The number of halogens is 1. The van der Waals surface area contributed by atoms with E-state index in [1.165, 1.54) is 11.1 Å². The Morgan fingerprint density at radius 3 is 2.81 bits per heavy atom. The lowest BCUT2D eigenvalue weighted by molar-refractivity contribution is 0.00467. The minimum absolute atomic E-state index is 0.00432. The Hall–Kier alpha value is -2.97. The summed E-state index contributed by atoms with van der Waals surface area (Å²) in [6.45, 7) is 4.44. The molecular weight excluding hydrogens is 434 g/mol. The van der Waals surface area contributed by atoms with Crippen molar-refractivity contribution in [2.75, 3.05) is 18.1 Å². The van der Waals surface area contributed by atoms with Crippen molar-refractivity contribution in [1.82, 2.24) is 9.97 Å². The number of hydrogen-bond donors (Lipinski definition) is 0. The molecule has 0 bridgehead atoms. The Labute approximate surface area is 190 Å². The van der Waals surface area contributed by atoms with Crippen LogP contribution in [0.15, 0.2) is 40.9 Å². The summed E-state index contributed by atoms with van der Waals surface area (Å²) in [5.74, 6) is -0.482. The average molecular weight is 458 g/mol. The summed E-state index contributed by atoms with van der Waals surface area (Å²) in [5, 5.41) is 0.221. The SMILES string of the molecule is CCOC(=O)N(c1c(C(=O)c2ccccn2)oc2ccc(Cl)nc12)C1CCOC(CC)C1. The van der Waals surface area contributed by atoms with E-state index in [9.17, 15) is 9.59 Å². The zero-order chi connectivity index (χ0) is 22.7. The van der Waals surface area contributed by atoms with Crippen molar-refractivity contribution in [3.63, 3.8) is 0 Å². The van der Waals surface area contributed by atoms with Crippen molar-refractivity contribution in [1.29, 1.82) is 0 Å². The van der Waals surface area contributed by atoms with Gasteiger partial charge < -0.3 is 13.9 Å². The van der Waals surface area contributed by atoms with Gasteiger partial charge >= 0.3 is 6.09 Å². The molecule has 1 aliphatic heterocycles. The highest BCUT2D eigenvalue weighted by atomic mass is 35.5. The standard InChI is InChI=1S/C23H24ClN3O5/c1-3-15-13-14(10-12-31-15)27(23(29)30-4-2)20-19-17(8-9-18(24)26-19)32-22(20)21(28)16-7-5-6-11-25-16/h5-9,11,14-15H,3-4,10,12-13H2,1-2H3. The molecule has 4 rings (SSSR count). The molecular formula is C23H24ClN3O5. The molecule has 0 radical (unpaired) electrons. The lowest BCUT2D eigenvalue weighted by Crippen LogP contribution is -2.46. The van der Waals surface area contributed by atoms with Crippen molar-refractivity contribution >= 4 is 40.3 Å². The summed E-state index contributed by atoms with van der Waals surface area (Å²) in [4.78, 5) is 36.6. The normalized spacial score (nSPS) is 18.5. The molecule has 8 nitrogen and oxygen atoms in total. The summed E-state index contributed by atoms with van der Waals surface area (Å²) in [7, 11) is 0. The molecule has 2 atom stereocenters. The lowest BCUT2D eigenvalue weighted by atomic mass is 9.99. The molecule has 168 valence electrons. The largest absolute Gasteiger partial charge is 0.449 e. The highest BCUT2D eigenvalue weighted by molar-refractivity contribution is 6.30. The van der Waals surface area contributed by atoms with Crippen molar-refractivity contribution in [2.24, 2.45) is 0 Å². The Bertz CT molecular complexity index is 1120. The molecule has 0 spiro atoms. The molecule has 9 heteroatoms. The van der Waals surface area contributed by atoms with E-state index in [1.807, 2.05) is 6.92 Å². The van der Waals surface area contributed by atoms with Crippen LogP contribution in [-0.2, 0) is 9.47 Å². The highest BCUT2D eigenvalue weighted by Crippen LogP contribution is 2.38. The van der Waals surface area contributed by atoms with Gasteiger partial charge in [-0.05, 0) is 50.5 Å². The van der Waals surface area contributed by atoms with Crippen molar-refractivity contribution in [3.05, 3.63) is 53.1 Å². The topological polar surface area (TPSA) is 94.8 Å². The number of furan rings is 1. The van der Waals surface area contributed by atoms with Crippen molar-refractivity contribution in [2.45, 2.75) is 45.3 Å². The first-order valence-electron chi connectivity index (χ1n) is 10.7. The highest BCUT2D eigenvalue weighted by Gasteiger charge is 2.38. The van der Waals surface area contributed by atoms with Crippen LogP contribution < -0.4 is 4.90 Å². The number of rotatable bonds is 6. The molecule has 1 saturated heterocycles. The van der Waals surface area contributed by atoms with Crippen LogP contribution in [0.2, 0.25) is 5.15 Å². The van der Waals surface area contributed by atoms with Gasteiger partial charge in [-0.1, -0.05) is 24.6 Å². The Morgan fingerprint density at radius 2 is 2.09 bits per heavy atom. The number of hydrogen-bond acceptors (Lipinski definition) is 7. The van der Waals surface area contributed by atoms with E-state index < -0.39 is 11.9 Å². The Kier molecular flexibility index (Phi) is 6.72. The first kappa shape index (κ1) is 22.2. The summed E-state index contributed by atoms with van der Waals surface area (Å²) in [6.07, 6.45) is 2.94. The molecule has 3 aromatic rings. The number of anilines is 1. The second-order valence-electron chi connectivity index (χ2n) is 7.45. The van der Waals surface area contributed by atoms with Gasteiger partial charge in [0.25, 0.3) is 0 Å². The molecule has 0 N–H and O–H groups in total. The molecule has 0 saturated carbocycles. The first-order chi connectivity index (χ1) is 15.5. The number of pyridine rings is 2. The van der Waals surface area contributed by atoms with E-state index in [0.29, 0.717) is 30.5 Å². The maximum atomic E-state index is 13.4. The van der Waals surface area contributed by atoms with Crippen LogP contribution in [0.1, 0.15) is 49.4 Å². The third kappa shape index (κ3) is 4.33.